The van der Waals surface area contributed by atoms with Gasteiger partial charge in [-0.05, 0) is 13.8 Å². The average molecular weight is 275 g/mol. The Balaban J connectivity index is 2.25. The van der Waals surface area contributed by atoms with Crippen LogP contribution in [0, 0.1) is 0 Å². The molecule has 0 saturated carbocycles. The molecule has 2 rings (SSSR count). The molecular formula is C14H21N5O. The van der Waals surface area contributed by atoms with Gasteiger partial charge in [0.1, 0.15) is 11.6 Å². The molecule has 20 heavy (non-hydrogen) atoms. The maximum Gasteiger partial charge on any atom is 0.224 e. The largest absolute Gasteiger partial charge is 0.436 e. The third-order valence-electron chi connectivity index (χ3n) is 2.82. The lowest BCUT2D eigenvalue weighted by Gasteiger charge is -2.09. The number of anilines is 1. The van der Waals surface area contributed by atoms with E-state index in [0.717, 1.165) is 11.6 Å². The van der Waals surface area contributed by atoms with Crippen LogP contribution in [0.3, 0.4) is 0 Å². The van der Waals surface area contributed by atoms with Gasteiger partial charge in [-0.1, -0.05) is 13.8 Å². The Kier molecular flexibility index (Phi) is 4.22. The van der Waals surface area contributed by atoms with Crippen LogP contribution >= 0.6 is 0 Å². The molecule has 0 saturated heterocycles. The Morgan fingerprint density at radius 3 is 2.50 bits per heavy atom. The molecule has 0 bridgehead atoms. The third-order valence-corrected chi connectivity index (χ3v) is 2.82. The van der Waals surface area contributed by atoms with Crippen molar-refractivity contribution in [3.05, 3.63) is 24.3 Å². The summed E-state index contributed by atoms with van der Waals surface area (Å²) in [5.74, 6) is 2.94. The molecule has 2 aromatic heterocycles. The zero-order valence-electron chi connectivity index (χ0n) is 12.6. The van der Waals surface area contributed by atoms with Crippen molar-refractivity contribution in [3.8, 4) is 11.6 Å². The van der Waals surface area contributed by atoms with Crippen LogP contribution in [0.1, 0.15) is 45.5 Å². The fourth-order valence-corrected chi connectivity index (χ4v) is 1.66. The van der Waals surface area contributed by atoms with E-state index >= 15 is 0 Å². The molecule has 0 atom stereocenters. The van der Waals surface area contributed by atoms with Gasteiger partial charge in [0, 0.05) is 25.1 Å². The van der Waals surface area contributed by atoms with Gasteiger partial charge in [-0.3, -0.25) is 4.68 Å². The molecule has 0 aliphatic carbocycles. The fourth-order valence-electron chi connectivity index (χ4n) is 1.66. The highest BCUT2D eigenvalue weighted by atomic mass is 16.5. The maximum atomic E-state index is 5.77. The molecule has 0 unspecified atom stereocenters. The van der Waals surface area contributed by atoms with Crippen molar-refractivity contribution < 1.29 is 4.74 Å². The van der Waals surface area contributed by atoms with E-state index in [0.29, 0.717) is 17.7 Å². The minimum atomic E-state index is 0.240. The first-order valence-electron chi connectivity index (χ1n) is 6.78. The molecule has 2 heterocycles. The van der Waals surface area contributed by atoms with Gasteiger partial charge in [-0.2, -0.15) is 10.1 Å². The standard InChI is InChI=1S/C14H21N5O/c1-9(2)14-17-12(15-5)6-13(18-14)20-11-7-16-19(8-11)10(3)4/h6-10H,1-5H3,(H,15,17,18). The van der Waals surface area contributed by atoms with Crippen molar-refractivity contribution in [3.63, 3.8) is 0 Å². The molecule has 0 aromatic carbocycles. The summed E-state index contributed by atoms with van der Waals surface area (Å²) in [6.07, 6.45) is 3.55. The van der Waals surface area contributed by atoms with Crippen LogP contribution in [0.25, 0.3) is 0 Å². The van der Waals surface area contributed by atoms with Crippen molar-refractivity contribution in [1.82, 2.24) is 19.7 Å². The van der Waals surface area contributed by atoms with Crippen molar-refractivity contribution >= 4 is 5.82 Å². The molecule has 1 N–H and O–H groups in total. The first-order valence-corrected chi connectivity index (χ1v) is 6.78. The molecule has 0 amide bonds. The molecule has 0 radical (unpaired) electrons. The molecular weight excluding hydrogens is 254 g/mol. The Labute approximate surface area is 119 Å². The zero-order valence-corrected chi connectivity index (χ0v) is 12.6. The van der Waals surface area contributed by atoms with Gasteiger partial charge in [-0.15, -0.1) is 0 Å². The van der Waals surface area contributed by atoms with Crippen LogP contribution in [-0.2, 0) is 0 Å². The van der Waals surface area contributed by atoms with E-state index in [-0.39, 0.29) is 5.92 Å². The first-order chi connectivity index (χ1) is 9.49. The number of hydrogen-bond donors (Lipinski definition) is 1. The van der Waals surface area contributed by atoms with Crippen LogP contribution in [0.4, 0.5) is 5.82 Å². The molecule has 6 nitrogen and oxygen atoms in total. The van der Waals surface area contributed by atoms with Gasteiger partial charge in [-0.25, -0.2) is 4.98 Å². The van der Waals surface area contributed by atoms with E-state index in [1.807, 2.05) is 17.9 Å². The summed E-state index contributed by atoms with van der Waals surface area (Å²) >= 11 is 0. The van der Waals surface area contributed by atoms with Crippen LogP contribution < -0.4 is 10.1 Å². The van der Waals surface area contributed by atoms with Crippen molar-refractivity contribution in [2.75, 3.05) is 12.4 Å². The summed E-state index contributed by atoms with van der Waals surface area (Å²) in [6.45, 7) is 8.24. The smallest absolute Gasteiger partial charge is 0.224 e. The molecule has 2 aromatic rings. The quantitative estimate of drug-likeness (QED) is 0.907. The van der Waals surface area contributed by atoms with Crippen molar-refractivity contribution in [1.29, 1.82) is 0 Å². The summed E-state index contributed by atoms with van der Waals surface area (Å²) in [7, 11) is 1.83. The minimum absolute atomic E-state index is 0.240. The maximum absolute atomic E-state index is 5.77. The van der Waals surface area contributed by atoms with Gasteiger partial charge in [0.25, 0.3) is 0 Å². The van der Waals surface area contributed by atoms with Crippen LogP contribution in [0.15, 0.2) is 18.5 Å². The van der Waals surface area contributed by atoms with E-state index in [2.05, 4.69) is 48.1 Å². The lowest BCUT2D eigenvalue weighted by Crippen LogP contribution is -2.03. The summed E-state index contributed by atoms with van der Waals surface area (Å²) in [6, 6.07) is 2.08. The predicted molar refractivity (Wildman–Crippen MR) is 78.4 cm³/mol. The summed E-state index contributed by atoms with van der Waals surface area (Å²) in [4.78, 5) is 8.82. The van der Waals surface area contributed by atoms with Gasteiger partial charge in [0.15, 0.2) is 5.75 Å². The average Bonchev–Trinajstić information content (AvgIpc) is 2.87. The molecule has 108 valence electrons. The van der Waals surface area contributed by atoms with Gasteiger partial charge in [0.05, 0.1) is 12.4 Å². The number of aromatic nitrogens is 4. The molecule has 0 aliphatic rings. The summed E-state index contributed by atoms with van der Waals surface area (Å²) < 4.78 is 7.61. The lowest BCUT2D eigenvalue weighted by atomic mass is 10.2. The number of ether oxygens (including phenoxy) is 1. The Hall–Kier alpha value is -2.11. The van der Waals surface area contributed by atoms with E-state index in [4.69, 9.17) is 4.74 Å². The highest BCUT2D eigenvalue weighted by Gasteiger charge is 2.10. The Morgan fingerprint density at radius 2 is 1.95 bits per heavy atom. The molecule has 0 spiro atoms. The highest BCUT2D eigenvalue weighted by molar-refractivity contribution is 5.39. The highest BCUT2D eigenvalue weighted by Crippen LogP contribution is 2.24. The second-order valence-corrected chi connectivity index (χ2v) is 5.21. The fraction of sp³-hybridized carbons (Fsp3) is 0.500. The molecule has 0 fully saturated rings. The Morgan fingerprint density at radius 1 is 1.20 bits per heavy atom. The molecule has 0 aliphatic heterocycles. The first kappa shape index (κ1) is 14.3. The van der Waals surface area contributed by atoms with E-state index in [1.54, 1.807) is 12.3 Å². The van der Waals surface area contributed by atoms with Crippen molar-refractivity contribution in [2.45, 2.75) is 39.7 Å². The summed E-state index contributed by atoms with van der Waals surface area (Å²) in [5.41, 5.74) is 0. The molecule has 6 heteroatoms. The normalized spacial score (nSPS) is 11.2. The second-order valence-electron chi connectivity index (χ2n) is 5.21. The monoisotopic (exact) mass is 275 g/mol. The van der Waals surface area contributed by atoms with Gasteiger partial charge < -0.3 is 10.1 Å². The van der Waals surface area contributed by atoms with Crippen LogP contribution in [0.2, 0.25) is 0 Å². The predicted octanol–water partition coefficient (Wildman–Crippen LogP) is 3.21. The van der Waals surface area contributed by atoms with Crippen molar-refractivity contribution in [2.24, 2.45) is 0 Å². The lowest BCUT2D eigenvalue weighted by molar-refractivity contribution is 0.454. The number of hydrogen-bond acceptors (Lipinski definition) is 5. The minimum Gasteiger partial charge on any atom is -0.436 e. The third kappa shape index (κ3) is 3.26. The van der Waals surface area contributed by atoms with Crippen LogP contribution in [-0.4, -0.2) is 26.8 Å². The van der Waals surface area contributed by atoms with Crippen LogP contribution in [0.5, 0.6) is 11.6 Å². The number of nitrogens with one attached hydrogen (secondary N) is 1. The van der Waals surface area contributed by atoms with Gasteiger partial charge in [0.2, 0.25) is 5.88 Å². The summed E-state index contributed by atoms with van der Waals surface area (Å²) in [5, 5.41) is 7.26. The number of nitrogens with zero attached hydrogens (tertiary/aromatic N) is 4. The van der Waals surface area contributed by atoms with E-state index in [1.165, 1.54) is 0 Å². The van der Waals surface area contributed by atoms with Gasteiger partial charge >= 0.3 is 0 Å². The van der Waals surface area contributed by atoms with E-state index in [9.17, 15) is 0 Å². The Bertz CT molecular complexity index is 577. The zero-order chi connectivity index (χ0) is 14.7. The van der Waals surface area contributed by atoms with E-state index < -0.39 is 0 Å². The topological polar surface area (TPSA) is 64.9 Å². The second kappa shape index (κ2) is 5.90. The SMILES string of the molecule is CNc1cc(Oc2cnn(C(C)C)c2)nc(C(C)C)n1. The number of rotatable bonds is 5.